The average Bonchev–Trinajstić information content (AvgIpc) is 2.79. The van der Waals surface area contributed by atoms with Gasteiger partial charge in [-0.3, -0.25) is 4.68 Å². The van der Waals surface area contributed by atoms with Crippen LogP contribution < -0.4 is 5.32 Å². The first kappa shape index (κ1) is 15.0. The molecule has 1 heterocycles. The zero-order chi connectivity index (χ0) is 14.7. The normalized spacial score (nSPS) is 12.7. The number of likely N-dealkylation sites (N-methyl/N-ethyl adjacent to an activating group) is 1. The van der Waals surface area contributed by atoms with Crippen molar-refractivity contribution in [1.29, 1.82) is 0 Å². The average molecular weight is 296 g/mol. The number of nitrogens with one attached hydrogen (secondary N) is 1. The monoisotopic (exact) mass is 295 g/mol. The third-order valence-electron chi connectivity index (χ3n) is 3.44. The van der Waals surface area contributed by atoms with Crippen LogP contribution in [0.15, 0.2) is 24.4 Å². The number of nitrogens with zero attached hydrogens (tertiary/aromatic N) is 2. The topological polar surface area (TPSA) is 29.9 Å². The van der Waals surface area contributed by atoms with E-state index in [1.807, 2.05) is 20.3 Å². The zero-order valence-corrected chi connectivity index (χ0v) is 12.7. The molecule has 1 aromatic heterocycles. The van der Waals surface area contributed by atoms with Crippen molar-refractivity contribution in [3.63, 3.8) is 0 Å². The van der Waals surface area contributed by atoms with Gasteiger partial charge < -0.3 is 5.32 Å². The predicted molar refractivity (Wildman–Crippen MR) is 79.5 cm³/mol. The fourth-order valence-corrected chi connectivity index (χ4v) is 2.55. The summed E-state index contributed by atoms with van der Waals surface area (Å²) in [7, 11) is 3.78. The van der Waals surface area contributed by atoms with Crippen LogP contribution in [0.4, 0.5) is 4.39 Å². The summed E-state index contributed by atoms with van der Waals surface area (Å²) >= 11 is 5.79. The standard InChI is InChI=1S/C15H19ClFN3/c1-4-14-12(9-20(3)19-14)15(18-2)7-10-5-6-11(16)8-13(10)17/h5-6,8-9,15,18H,4,7H2,1-3H3. The number of halogens is 2. The Labute approximate surface area is 123 Å². The molecule has 0 saturated heterocycles. The lowest BCUT2D eigenvalue weighted by Crippen LogP contribution is -2.20. The molecule has 0 spiro atoms. The molecule has 1 unspecified atom stereocenters. The number of aryl methyl sites for hydroxylation is 2. The first-order chi connectivity index (χ1) is 9.55. The van der Waals surface area contributed by atoms with Crippen LogP contribution in [-0.2, 0) is 19.9 Å². The molecule has 0 saturated carbocycles. The number of aromatic nitrogens is 2. The highest BCUT2D eigenvalue weighted by molar-refractivity contribution is 6.30. The Bertz CT molecular complexity index is 595. The molecule has 20 heavy (non-hydrogen) atoms. The predicted octanol–water partition coefficient (Wildman–Crippen LogP) is 3.28. The van der Waals surface area contributed by atoms with Crippen molar-refractivity contribution < 1.29 is 4.39 Å². The Morgan fingerprint density at radius 3 is 2.80 bits per heavy atom. The van der Waals surface area contributed by atoms with E-state index in [0.717, 1.165) is 17.7 Å². The number of benzene rings is 1. The maximum absolute atomic E-state index is 13.9. The van der Waals surface area contributed by atoms with Gasteiger partial charge in [0.15, 0.2) is 0 Å². The summed E-state index contributed by atoms with van der Waals surface area (Å²) in [5.74, 6) is -0.264. The lowest BCUT2D eigenvalue weighted by molar-refractivity contribution is 0.551. The Kier molecular flexibility index (Phi) is 4.78. The first-order valence-corrected chi connectivity index (χ1v) is 7.06. The van der Waals surface area contributed by atoms with Crippen LogP contribution in [0.3, 0.4) is 0 Å². The van der Waals surface area contributed by atoms with Crippen LogP contribution in [0.25, 0.3) is 0 Å². The molecule has 1 atom stereocenters. The maximum atomic E-state index is 13.9. The Balaban J connectivity index is 2.28. The lowest BCUT2D eigenvalue weighted by atomic mass is 9.98. The molecule has 0 aliphatic rings. The molecule has 3 nitrogen and oxygen atoms in total. The lowest BCUT2D eigenvalue weighted by Gasteiger charge is -2.16. The van der Waals surface area contributed by atoms with Crippen LogP contribution in [0.1, 0.15) is 29.8 Å². The summed E-state index contributed by atoms with van der Waals surface area (Å²) in [6.45, 7) is 2.07. The van der Waals surface area contributed by atoms with E-state index in [-0.39, 0.29) is 11.9 Å². The van der Waals surface area contributed by atoms with E-state index < -0.39 is 0 Å². The van der Waals surface area contributed by atoms with Crippen molar-refractivity contribution in [2.24, 2.45) is 7.05 Å². The van der Waals surface area contributed by atoms with Crippen molar-refractivity contribution in [2.45, 2.75) is 25.8 Å². The summed E-state index contributed by atoms with van der Waals surface area (Å²) in [5, 5.41) is 8.10. The molecular weight excluding hydrogens is 277 g/mol. The van der Waals surface area contributed by atoms with E-state index in [9.17, 15) is 4.39 Å². The minimum atomic E-state index is -0.264. The summed E-state index contributed by atoms with van der Waals surface area (Å²) in [6.07, 6.45) is 3.42. The molecule has 0 amide bonds. The second kappa shape index (κ2) is 6.37. The summed E-state index contributed by atoms with van der Waals surface area (Å²) < 4.78 is 15.7. The van der Waals surface area contributed by atoms with Crippen molar-refractivity contribution >= 4 is 11.6 Å². The first-order valence-electron chi connectivity index (χ1n) is 6.68. The van der Waals surface area contributed by atoms with E-state index in [1.165, 1.54) is 6.07 Å². The molecule has 0 aliphatic heterocycles. The van der Waals surface area contributed by atoms with E-state index in [0.29, 0.717) is 17.0 Å². The molecule has 0 radical (unpaired) electrons. The number of rotatable bonds is 5. The van der Waals surface area contributed by atoms with Gasteiger partial charge in [0.25, 0.3) is 0 Å². The third-order valence-corrected chi connectivity index (χ3v) is 3.67. The molecule has 0 bridgehead atoms. The van der Waals surface area contributed by atoms with E-state index in [2.05, 4.69) is 17.3 Å². The highest BCUT2D eigenvalue weighted by atomic mass is 35.5. The molecule has 108 valence electrons. The van der Waals surface area contributed by atoms with Crippen LogP contribution in [0.2, 0.25) is 5.02 Å². The summed E-state index contributed by atoms with van der Waals surface area (Å²) in [4.78, 5) is 0. The molecule has 0 fully saturated rings. The van der Waals surface area contributed by atoms with Gasteiger partial charge in [-0.15, -0.1) is 0 Å². The molecule has 1 aromatic carbocycles. The van der Waals surface area contributed by atoms with Gasteiger partial charge in [0.2, 0.25) is 0 Å². The Morgan fingerprint density at radius 1 is 1.45 bits per heavy atom. The summed E-state index contributed by atoms with van der Waals surface area (Å²) in [5.41, 5.74) is 2.81. The van der Waals surface area contributed by atoms with Gasteiger partial charge in [0.05, 0.1) is 5.69 Å². The van der Waals surface area contributed by atoms with Gasteiger partial charge in [-0.25, -0.2) is 4.39 Å². The maximum Gasteiger partial charge on any atom is 0.127 e. The smallest absolute Gasteiger partial charge is 0.127 e. The molecule has 2 aromatic rings. The molecule has 1 N–H and O–H groups in total. The highest BCUT2D eigenvalue weighted by Crippen LogP contribution is 2.24. The summed E-state index contributed by atoms with van der Waals surface area (Å²) in [6, 6.07) is 4.85. The van der Waals surface area contributed by atoms with E-state index in [1.54, 1.807) is 16.8 Å². The van der Waals surface area contributed by atoms with Gasteiger partial charge in [0.1, 0.15) is 5.82 Å². The van der Waals surface area contributed by atoms with Gasteiger partial charge in [-0.2, -0.15) is 5.10 Å². The third kappa shape index (κ3) is 3.19. The van der Waals surface area contributed by atoms with Crippen molar-refractivity contribution in [3.05, 3.63) is 52.1 Å². The SMILES string of the molecule is CCc1nn(C)cc1C(Cc1ccc(Cl)cc1F)NC. The quantitative estimate of drug-likeness (QED) is 0.917. The van der Waals surface area contributed by atoms with E-state index in [4.69, 9.17) is 11.6 Å². The number of hydrogen-bond acceptors (Lipinski definition) is 2. The van der Waals surface area contributed by atoms with Crippen molar-refractivity contribution in [3.8, 4) is 0 Å². The molecule has 0 aliphatic carbocycles. The Hall–Kier alpha value is -1.39. The van der Waals surface area contributed by atoms with Crippen LogP contribution in [0.5, 0.6) is 0 Å². The minimum absolute atomic E-state index is 0.0364. The van der Waals surface area contributed by atoms with E-state index >= 15 is 0 Å². The van der Waals surface area contributed by atoms with Crippen molar-refractivity contribution in [2.75, 3.05) is 7.05 Å². The van der Waals surface area contributed by atoms with Crippen molar-refractivity contribution in [1.82, 2.24) is 15.1 Å². The molecule has 5 heteroatoms. The highest BCUT2D eigenvalue weighted by Gasteiger charge is 2.18. The second-order valence-electron chi connectivity index (χ2n) is 4.84. The van der Waals surface area contributed by atoms with Gasteiger partial charge in [0, 0.05) is 29.9 Å². The fourth-order valence-electron chi connectivity index (χ4n) is 2.39. The van der Waals surface area contributed by atoms with Gasteiger partial charge >= 0.3 is 0 Å². The fraction of sp³-hybridized carbons (Fsp3) is 0.400. The zero-order valence-electron chi connectivity index (χ0n) is 12.0. The van der Waals surface area contributed by atoms with Gasteiger partial charge in [-0.1, -0.05) is 24.6 Å². The van der Waals surface area contributed by atoms with Crippen LogP contribution in [0, 0.1) is 5.82 Å². The number of hydrogen-bond donors (Lipinski definition) is 1. The minimum Gasteiger partial charge on any atom is -0.313 e. The largest absolute Gasteiger partial charge is 0.313 e. The molecular formula is C15H19ClFN3. The van der Waals surface area contributed by atoms with Crippen LogP contribution >= 0.6 is 11.6 Å². The van der Waals surface area contributed by atoms with Gasteiger partial charge in [-0.05, 0) is 37.6 Å². The Morgan fingerprint density at radius 2 is 2.20 bits per heavy atom. The molecule has 2 rings (SSSR count). The second-order valence-corrected chi connectivity index (χ2v) is 5.28. The van der Waals surface area contributed by atoms with Crippen LogP contribution in [-0.4, -0.2) is 16.8 Å².